The molecule has 0 spiro atoms. The number of hydrogen-bond donors (Lipinski definition) is 0. The van der Waals surface area contributed by atoms with Crippen molar-refractivity contribution in [1.82, 2.24) is 0 Å². The average Bonchev–Trinajstić information content (AvgIpc) is 2.19. The van der Waals surface area contributed by atoms with Crippen LogP contribution in [0.25, 0.3) is 0 Å². The number of anilines is 1. The second-order valence-corrected chi connectivity index (χ2v) is 3.32. The van der Waals surface area contributed by atoms with Gasteiger partial charge in [0.2, 0.25) is 0 Å². The Kier molecular flexibility index (Phi) is 3.12. The molecule has 1 amide bonds. The van der Waals surface area contributed by atoms with Crippen molar-refractivity contribution < 1.29 is 9.53 Å². The van der Waals surface area contributed by atoms with Crippen LogP contribution in [-0.4, -0.2) is 20.3 Å². The van der Waals surface area contributed by atoms with E-state index in [1.54, 1.807) is 7.05 Å². The number of amides is 1. The van der Waals surface area contributed by atoms with Gasteiger partial charge >= 0.3 is 6.09 Å². The van der Waals surface area contributed by atoms with Gasteiger partial charge in [-0.25, -0.2) is 4.79 Å². The molecule has 0 atom stereocenters. The van der Waals surface area contributed by atoms with Crippen LogP contribution in [0.2, 0.25) is 0 Å². The normalized spacial score (nSPS) is 9.71. The minimum Gasteiger partial charge on any atom is -0.452 e. The van der Waals surface area contributed by atoms with Gasteiger partial charge in [-0.3, -0.25) is 4.90 Å². The Morgan fingerprint density at radius 3 is 2.57 bits per heavy atom. The highest BCUT2D eigenvalue weighted by Gasteiger charge is 2.12. The highest BCUT2D eigenvalue weighted by atomic mass is 16.5. The van der Waals surface area contributed by atoms with Crippen LogP contribution < -0.4 is 4.90 Å². The minimum atomic E-state index is -0.348. The van der Waals surface area contributed by atoms with E-state index in [9.17, 15) is 4.79 Å². The van der Waals surface area contributed by atoms with Gasteiger partial charge in [0.25, 0.3) is 0 Å². The molecule has 1 aromatic carbocycles. The van der Waals surface area contributed by atoms with E-state index in [1.165, 1.54) is 12.0 Å². The van der Waals surface area contributed by atoms with Crippen LogP contribution in [-0.2, 0) is 4.74 Å². The third-order valence-electron chi connectivity index (χ3n) is 2.17. The molecule has 0 saturated heterocycles. The quantitative estimate of drug-likeness (QED) is 0.685. The van der Waals surface area contributed by atoms with Crippen LogP contribution in [0.4, 0.5) is 10.5 Å². The van der Waals surface area contributed by atoms with Crippen molar-refractivity contribution in [2.45, 2.75) is 13.8 Å². The molecule has 0 aromatic heterocycles. The number of aryl methyl sites for hydroxylation is 2. The summed E-state index contributed by atoms with van der Waals surface area (Å²) >= 11 is 0. The molecule has 0 aliphatic carbocycles. The third kappa shape index (κ3) is 2.05. The summed E-state index contributed by atoms with van der Waals surface area (Å²) in [7, 11) is 3.08. The Bertz CT molecular complexity index is 347. The lowest BCUT2D eigenvalue weighted by Gasteiger charge is -2.18. The Morgan fingerprint density at radius 2 is 2.00 bits per heavy atom. The predicted octanol–water partition coefficient (Wildman–Crippen LogP) is 2.51. The third-order valence-corrected chi connectivity index (χ3v) is 2.17. The van der Waals surface area contributed by atoms with Gasteiger partial charge in [-0.1, -0.05) is 12.1 Å². The van der Waals surface area contributed by atoms with Gasteiger partial charge in [-0.15, -0.1) is 0 Å². The van der Waals surface area contributed by atoms with Crippen LogP contribution in [0.3, 0.4) is 0 Å². The van der Waals surface area contributed by atoms with Crippen molar-refractivity contribution in [3.8, 4) is 0 Å². The molecule has 3 nitrogen and oxygen atoms in total. The molecular formula is C11H15NO2. The molecule has 0 saturated carbocycles. The lowest BCUT2D eigenvalue weighted by Crippen LogP contribution is -2.26. The van der Waals surface area contributed by atoms with E-state index in [1.807, 2.05) is 32.0 Å². The molecule has 3 heteroatoms. The number of nitrogens with zero attached hydrogens (tertiary/aromatic N) is 1. The second kappa shape index (κ2) is 4.13. The van der Waals surface area contributed by atoms with Gasteiger partial charge in [0.05, 0.1) is 7.11 Å². The summed E-state index contributed by atoms with van der Waals surface area (Å²) in [6.07, 6.45) is -0.348. The van der Waals surface area contributed by atoms with Crippen LogP contribution >= 0.6 is 0 Å². The SMILES string of the molecule is COC(=O)N(C)c1cc(C)ccc1C. The van der Waals surface area contributed by atoms with Crippen molar-refractivity contribution in [1.29, 1.82) is 0 Å². The average molecular weight is 193 g/mol. The second-order valence-electron chi connectivity index (χ2n) is 3.32. The molecule has 0 N–H and O–H groups in total. The number of methoxy groups -OCH3 is 1. The van der Waals surface area contributed by atoms with Crippen molar-refractivity contribution in [2.24, 2.45) is 0 Å². The maximum absolute atomic E-state index is 11.3. The number of rotatable bonds is 1. The van der Waals surface area contributed by atoms with E-state index in [0.717, 1.165) is 16.8 Å². The Labute approximate surface area is 84.3 Å². The number of carbonyl (C=O) groups excluding carboxylic acids is 1. The maximum Gasteiger partial charge on any atom is 0.413 e. The number of carbonyl (C=O) groups is 1. The summed E-state index contributed by atoms with van der Waals surface area (Å²) in [6, 6.07) is 5.97. The van der Waals surface area contributed by atoms with Gasteiger partial charge in [-0.05, 0) is 31.0 Å². The Balaban J connectivity index is 3.05. The lowest BCUT2D eigenvalue weighted by molar-refractivity contribution is 0.180. The van der Waals surface area contributed by atoms with E-state index in [0.29, 0.717) is 0 Å². The van der Waals surface area contributed by atoms with E-state index in [2.05, 4.69) is 4.74 Å². The van der Waals surface area contributed by atoms with E-state index >= 15 is 0 Å². The molecule has 0 radical (unpaired) electrons. The molecule has 0 aliphatic rings. The van der Waals surface area contributed by atoms with Crippen molar-refractivity contribution >= 4 is 11.8 Å². The standard InChI is InChI=1S/C11H15NO2/c1-8-5-6-9(2)10(7-8)12(3)11(13)14-4/h5-7H,1-4H3. The number of ether oxygens (including phenoxy) is 1. The van der Waals surface area contributed by atoms with Crippen LogP contribution in [0, 0.1) is 13.8 Å². The first-order valence-corrected chi connectivity index (χ1v) is 4.45. The first kappa shape index (κ1) is 10.6. The molecule has 14 heavy (non-hydrogen) atoms. The summed E-state index contributed by atoms with van der Waals surface area (Å²) in [6.45, 7) is 3.96. The van der Waals surface area contributed by atoms with Crippen molar-refractivity contribution in [2.75, 3.05) is 19.1 Å². The molecule has 1 aromatic rings. The highest BCUT2D eigenvalue weighted by molar-refractivity contribution is 5.87. The van der Waals surface area contributed by atoms with Gasteiger partial charge in [0.1, 0.15) is 0 Å². The van der Waals surface area contributed by atoms with Crippen molar-refractivity contribution in [3.05, 3.63) is 29.3 Å². The molecule has 0 unspecified atom stereocenters. The van der Waals surface area contributed by atoms with E-state index in [4.69, 9.17) is 0 Å². The van der Waals surface area contributed by atoms with Gasteiger partial charge < -0.3 is 4.74 Å². The summed E-state index contributed by atoms with van der Waals surface area (Å²) in [5, 5.41) is 0. The molecule has 0 fully saturated rings. The zero-order chi connectivity index (χ0) is 10.7. The van der Waals surface area contributed by atoms with Gasteiger partial charge in [-0.2, -0.15) is 0 Å². The number of hydrogen-bond acceptors (Lipinski definition) is 2. The zero-order valence-corrected chi connectivity index (χ0v) is 9.00. The fourth-order valence-corrected chi connectivity index (χ4v) is 1.32. The van der Waals surface area contributed by atoms with E-state index < -0.39 is 0 Å². The van der Waals surface area contributed by atoms with E-state index in [-0.39, 0.29) is 6.09 Å². The monoisotopic (exact) mass is 193 g/mol. The zero-order valence-electron chi connectivity index (χ0n) is 9.00. The summed E-state index contributed by atoms with van der Waals surface area (Å²) in [5.74, 6) is 0. The first-order chi connectivity index (χ1) is 6.56. The summed E-state index contributed by atoms with van der Waals surface area (Å²) in [4.78, 5) is 12.8. The molecule has 0 bridgehead atoms. The predicted molar refractivity (Wildman–Crippen MR) is 56.7 cm³/mol. The van der Waals surface area contributed by atoms with Crippen molar-refractivity contribution in [3.63, 3.8) is 0 Å². The first-order valence-electron chi connectivity index (χ1n) is 4.45. The maximum atomic E-state index is 11.3. The Morgan fingerprint density at radius 1 is 1.36 bits per heavy atom. The largest absolute Gasteiger partial charge is 0.452 e. The minimum absolute atomic E-state index is 0.348. The van der Waals surface area contributed by atoms with Crippen LogP contribution in [0.5, 0.6) is 0 Å². The number of benzene rings is 1. The Hall–Kier alpha value is -1.51. The smallest absolute Gasteiger partial charge is 0.413 e. The lowest BCUT2D eigenvalue weighted by atomic mass is 10.1. The van der Waals surface area contributed by atoms with Gasteiger partial charge in [0, 0.05) is 12.7 Å². The topological polar surface area (TPSA) is 29.5 Å². The summed E-state index contributed by atoms with van der Waals surface area (Å²) < 4.78 is 4.65. The molecule has 0 heterocycles. The van der Waals surface area contributed by atoms with Crippen LogP contribution in [0.1, 0.15) is 11.1 Å². The fraction of sp³-hybridized carbons (Fsp3) is 0.364. The van der Waals surface area contributed by atoms with Crippen LogP contribution in [0.15, 0.2) is 18.2 Å². The molecule has 0 aliphatic heterocycles. The molecule has 76 valence electrons. The highest BCUT2D eigenvalue weighted by Crippen LogP contribution is 2.20. The molecule has 1 rings (SSSR count). The summed E-state index contributed by atoms with van der Waals surface area (Å²) in [5.41, 5.74) is 3.07. The molecular weight excluding hydrogens is 178 g/mol. The fourth-order valence-electron chi connectivity index (χ4n) is 1.32. The van der Waals surface area contributed by atoms with Gasteiger partial charge in [0.15, 0.2) is 0 Å².